The first kappa shape index (κ1) is 18.2. The number of anilines is 1. The van der Waals surface area contributed by atoms with Gasteiger partial charge in [-0.15, -0.1) is 0 Å². The quantitative estimate of drug-likeness (QED) is 0.550. The average Bonchev–Trinajstić information content (AvgIpc) is 2.73. The molecule has 3 aromatic carbocycles. The molecule has 0 amide bonds. The van der Waals surface area contributed by atoms with Gasteiger partial charge in [-0.2, -0.15) is 0 Å². The maximum absolute atomic E-state index is 13.4. The van der Waals surface area contributed by atoms with Gasteiger partial charge in [0.1, 0.15) is 0 Å². The highest BCUT2D eigenvalue weighted by molar-refractivity contribution is 7.91. The van der Waals surface area contributed by atoms with Crippen molar-refractivity contribution in [1.82, 2.24) is 0 Å². The zero-order chi connectivity index (χ0) is 19.6. The molecule has 140 valence electrons. The van der Waals surface area contributed by atoms with Crippen LogP contribution >= 0.6 is 0 Å². The third-order valence-corrected chi connectivity index (χ3v) is 6.53. The van der Waals surface area contributed by atoms with Gasteiger partial charge in [0.05, 0.1) is 16.0 Å². The minimum atomic E-state index is -3.68. The van der Waals surface area contributed by atoms with Crippen LogP contribution in [0.1, 0.15) is 11.1 Å². The van der Waals surface area contributed by atoms with E-state index in [1.807, 2.05) is 73.7 Å². The second-order valence-corrected chi connectivity index (χ2v) is 8.65. The van der Waals surface area contributed by atoms with Crippen LogP contribution in [0.3, 0.4) is 0 Å². The van der Waals surface area contributed by atoms with Crippen molar-refractivity contribution in [3.63, 3.8) is 0 Å². The molecule has 1 heterocycles. The standard InChI is InChI=1S/C23H20N2O2S/c1-17-11-13-19(14-12-17)28(26,27)22-16-24-21-10-6-5-9-20(21)23(22)25-15-18-7-3-2-4-8-18/h2-14,16H,15H2,1H3,(H,24,25)/p+1. The van der Waals surface area contributed by atoms with Gasteiger partial charge in [0.15, 0.2) is 11.1 Å². The molecule has 0 aliphatic heterocycles. The third-order valence-electron chi connectivity index (χ3n) is 4.73. The summed E-state index contributed by atoms with van der Waals surface area (Å²) in [4.78, 5) is 3.65. The Bertz CT molecular complexity index is 1220. The number of aromatic amines is 1. The fourth-order valence-electron chi connectivity index (χ4n) is 3.20. The summed E-state index contributed by atoms with van der Waals surface area (Å²) in [7, 11) is -3.68. The van der Waals surface area contributed by atoms with Gasteiger partial charge in [-0.1, -0.05) is 60.2 Å². The van der Waals surface area contributed by atoms with Crippen LogP contribution < -0.4 is 10.3 Å². The van der Waals surface area contributed by atoms with Crippen molar-refractivity contribution >= 4 is 26.4 Å². The molecule has 28 heavy (non-hydrogen) atoms. The van der Waals surface area contributed by atoms with Crippen LogP contribution in [0.4, 0.5) is 5.69 Å². The summed E-state index contributed by atoms with van der Waals surface area (Å²) in [5.41, 5.74) is 3.59. The summed E-state index contributed by atoms with van der Waals surface area (Å²) in [5.74, 6) is 0. The van der Waals surface area contributed by atoms with Gasteiger partial charge in [0, 0.05) is 12.6 Å². The number of benzene rings is 3. The molecule has 0 unspecified atom stereocenters. The van der Waals surface area contributed by atoms with Crippen LogP contribution in [0.25, 0.3) is 10.9 Å². The average molecular weight is 390 g/mol. The number of hydrogen-bond acceptors (Lipinski definition) is 3. The van der Waals surface area contributed by atoms with Crippen molar-refractivity contribution in [2.45, 2.75) is 23.3 Å². The molecular formula is C23H21N2O2S+. The van der Waals surface area contributed by atoms with Crippen LogP contribution in [0.5, 0.6) is 0 Å². The van der Waals surface area contributed by atoms with E-state index < -0.39 is 9.84 Å². The molecule has 1 aromatic heterocycles. The minimum absolute atomic E-state index is 0.242. The maximum atomic E-state index is 13.4. The molecule has 0 fully saturated rings. The molecule has 0 spiro atoms. The van der Waals surface area contributed by atoms with E-state index in [0.717, 1.165) is 22.0 Å². The summed E-state index contributed by atoms with van der Waals surface area (Å²) >= 11 is 0. The fraction of sp³-hybridized carbons (Fsp3) is 0.0870. The largest absolute Gasteiger partial charge is 0.379 e. The lowest BCUT2D eigenvalue weighted by atomic mass is 10.1. The summed E-state index contributed by atoms with van der Waals surface area (Å²) in [5, 5.41) is 4.20. The highest BCUT2D eigenvalue weighted by atomic mass is 32.2. The monoisotopic (exact) mass is 389 g/mol. The van der Waals surface area contributed by atoms with Crippen LogP contribution in [0.2, 0.25) is 0 Å². The van der Waals surface area contributed by atoms with Crippen LogP contribution in [-0.2, 0) is 16.4 Å². The van der Waals surface area contributed by atoms with Crippen molar-refractivity contribution in [3.05, 3.63) is 96.2 Å². The number of para-hydroxylation sites is 1. The van der Waals surface area contributed by atoms with Gasteiger partial charge in [0.2, 0.25) is 15.4 Å². The lowest BCUT2D eigenvalue weighted by Crippen LogP contribution is -2.14. The zero-order valence-electron chi connectivity index (χ0n) is 15.5. The molecule has 0 aliphatic rings. The molecule has 0 bridgehead atoms. The second-order valence-electron chi connectivity index (χ2n) is 6.73. The predicted octanol–water partition coefficient (Wildman–Crippen LogP) is 4.41. The second kappa shape index (κ2) is 7.44. The molecule has 5 heteroatoms. The molecule has 0 radical (unpaired) electrons. The molecule has 0 aliphatic carbocycles. The van der Waals surface area contributed by atoms with Gasteiger partial charge in [-0.25, -0.2) is 13.4 Å². The summed E-state index contributed by atoms with van der Waals surface area (Å²) in [6.45, 7) is 2.47. The normalized spacial score (nSPS) is 11.5. The predicted molar refractivity (Wildman–Crippen MR) is 111 cm³/mol. The number of sulfone groups is 1. The number of aromatic nitrogens is 1. The summed E-state index contributed by atoms with van der Waals surface area (Å²) < 4.78 is 26.7. The number of hydrogen-bond donors (Lipinski definition) is 1. The minimum Gasteiger partial charge on any atom is -0.379 e. The van der Waals surface area contributed by atoms with E-state index in [0.29, 0.717) is 12.2 Å². The Morgan fingerprint density at radius 3 is 2.29 bits per heavy atom. The van der Waals surface area contributed by atoms with E-state index in [1.165, 1.54) is 0 Å². The SMILES string of the molecule is Cc1ccc(S(=O)(=O)c2c[nH+]c3ccccc3c2NCc2ccccc2)cc1. The molecule has 0 atom stereocenters. The Morgan fingerprint density at radius 2 is 1.54 bits per heavy atom. The Kier molecular flexibility index (Phi) is 4.84. The summed E-state index contributed by atoms with van der Waals surface area (Å²) in [6.07, 6.45) is 1.57. The van der Waals surface area contributed by atoms with E-state index in [1.54, 1.807) is 18.3 Å². The molecule has 4 nitrogen and oxygen atoms in total. The lowest BCUT2D eigenvalue weighted by molar-refractivity contribution is -0.347. The molecule has 4 aromatic rings. The number of aryl methyl sites for hydroxylation is 1. The first-order chi connectivity index (χ1) is 13.6. The van der Waals surface area contributed by atoms with E-state index in [-0.39, 0.29) is 9.79 Å². The number of H-pyrrole nitrogens is 1. The topological polar surface area (TPSA) is 60.3 Å². The zero-order valence-corrected chi connectivity index (χ0v) is 16.3. The van der Waals surface area contributed by atoms with Crippen LogP contribution in [-0.4, -0.2) is 8.42 Å². The van der Waals surface area contributed by atoms with Gasteiger partial charge >= 0.3 is 0 Å². The van der Waals surface area contributed by atoms with Gasteiger partial charge in [0.25, 0.3) is 0 Å². The first-order valence-corrected chi connectivity index (χ1v) is 10.6. The highest BCUT2D eigenvalue weighted by Gasteiger charge is 2.26. The lowest BCUT2D eigenvalue weighted by Gasteiger charge is -2.13. The van der Waals surface area contributed by atoms with E-state index in [4.69, 9.17) is 0 Å². The van der Waals surface area contributed by atoms with Crippen molar-refractivity contribution in [3.8, 4) is 0 Å². The highest BCUT2D eigenvalue weighted by Crippen LogP contribution is 2.32. The van der Waals surface area contributed by atoms with E-state index >= 15 is 0 Å². The van der Waals surface area contributed by atoms with Crippen molar-refractivity contribution in [2.75, 3.05) is 5.32 Å². The van der Waals surface area contributed by atoms with Gasteiger partial charge in [-0.05, 0) is 30.7 Å². The number of fused-ring (bicyclic) bond motifs is 1. The number of rotatable bonds is 5. The molecule has 0 saturated carbocycles. The van der Waals surface area contributed by atoms with Crippen molar-refractivity contribution < 1.29 is 13.4 Å². The molecular weight excluding hydrogens is 368 g/mol. The molecule has 0 saturated heterocycles. The van der Waals surface area contributed by atoms with E-state index in [2.05, 4.69) is 10.3 Å². The van der Waals surface area contributed by atoms with Gasteiger partial charge in [-0.3, -0.25) is 0 Å². The fourth-order valence-corrected chi connectivity index (χ4v) is 4.61. The third kappa shape index (κ3) is 3.49. The Hall–Kier alpha value is -3.18. The summed E-state index contributed by atoms with van der Waals surface area (Å²) in [6, 6.07) is 24.6. The number of nitrogens with one attached hydrogen (secondary N) is 2. The van der Waals surface area contributed by atoms with Gasteiger partial charge < -0.3 is 5.32 Å². The molecule has 2 N–H and O–H groups in total. The van der Waals surface area contributed by atoms with E-state index in [9.17, 15) is 8.42 Å². The van der Waals surface area contributed by atoms with Crippen molar-refractivity contribution in [2.24, 2.45) is 0 Å². The van der Waals surface area contributed by atoms with Crippen molar-refractivity contribution in [1.29, 1.82) is 0 Å². The van der Waals surface area contributed by atoms with Crippen LogP contribution in [0, 0.1) is 6.92 Å². The number of pyridine rings is 1. The Morgan fingerprint density at radius 1 is 0.857 bits per heavy atom. The Labute approximate surface area is 164 Å². The first-order valence-electron chi connectivity index (χ1n) is 9.09. The smallest absolute Gasteiger partial charge is 0.214 e. The maximum Gasteiger partial charge on any atom is 0.214 e. The molecule has 4 rings (SSSR count). The van der Waals surface area contributed by atoms with Crippen LogP contribution in [0.15, 0.2) is 94.9 Å². The Balaban J connectivity index is 1.84.